The topological polar surface area (TPSA) is 30.7 Å². The first kappa shape index (κ1) is 14.4. The van der Waals surface area contributed by atoms with E-state index in [1.54, 1.807) is 25.4 Å². The fourth-order valence-corrected chi connectivity index (χ4v) is 2.62. The van der Waals surface area contributed by atoms with Gasteiger partial charge in [0.1, 0.15) is 23.0 Å². The maximum atomic E-state index is 14.3. The Morgan fingerprint density at radius 3 is 2.76 bits per heavy atom. The number of benzene rings is 1. The lowest BCUT2D eigenvalue weighted by Gasteiger charge is -2.12. The second-order valence-corrected chi connectivity index (χ2v) is 6.01. The first-order valence-corrected chi connectivity index (χ1v) is 7.33. The van der Waals surface area contributed by atoms with E-state index in [0.717, 1.165) is 12.1 Å². The van der Waals surface area contributed by atoms with Crippen molar-refractivity contribution in [2.45, 2.75) is 12.3 Å². The van der Waals surface area contributed by atoms with E-state index in [1.165, 1.54) is 4.57 Å². The van der Waals surface area contributed by atoms with Crippen molar-refractivity contribution in [3.63, 3.8) is 0 Å². The number of hydrogen-bond donors (Lipinski definition) is 0. The second kappa shape index (κ2) is 5.35. The number of halogens is 4. The van der Waals surface area contributed by atoms with Gasteiger partial charge in [0.2, 0.25) is 0 Å². The van der Waals surface area contributed by atoms with Crippen molar-refractivity contribution in [1.29, 1.82) is 0 Å². The van der Waals surface area contributed by atoms with Crippen molar-refractivity contribution >= 4 is 38.6 Å². The highest BCUT2D eigenvalue weighted by Crippen LogP contribution is 2.30. The molecule has 3 rings (SSSR count). The maximum Gasteiger partial charge on any atom is 0.148 e. The molecule has 0 fully saturated rings. The molecule has 0 aliphatic heterocycles. The lowest BCUT2D eigenvalue weighted by Crippen LogP contribution is -2.05. The van der Waals surface area contributed by atoms with Crippen LogP contribution < -0.4 is 0 Å². The standard InChI is InChI=1S/C14H9BrClF2N3/c1-7(16)14-20-11-6-19-3-2-12(11)21(14)13-5-9(17)8(15)4-10(13)18/h2-7H,1H3. The van der Waals surface area contributed by atoms with E-state index in [9.17, 15) is 8.78 Å². The highest BCUT2D eigenvalue weighted by atomic mass is 79.9. The molecule has 0 aliphatic carbocycles. The number of hydrogen-bond acceptors (Lipinski definition) is 2. The summed E-state index contributed by atoms with van der Waals surface area (Å²) in [6.45, 7) is 1.72. The van der Waals surface area contributed by atoms with Crippen LogP contribution in [0.1, 0.15) is 18.1 Å². The Labute approximate surface area is 132 Å². The Balaban J connectivity index is 2.38. The molecule has 0 radical (unpaired) electrons. The molecule has 3 aromatic rings. The fourth-order valence-electron chi connectivity index (χ4n) is 2.15. The molecule has 2 aromatic heterocycles. The maximum absolute atomic E-state index is 14.3. The number of rotatable bonds is 2. The van der Waals surface area contributed by atoms with Crippen LogP contribution in [-0.4, -0.2) is 14.5 Å². The zero-order valence-corrected chi connectivity index (χ0v) is 13.2. The Morgan fingerprint density at radius 1 is 1.29 bits per heavy atom. The molecule has 0 amide bonds. The SMILES string of the molecule is CC(Cl)c1nc2cnccc2n1-c1cc(F)c(Br)cc1F. The number of aromatic nitrogens is 3. The summed E-state index contributed by atoms with van der Waals surface area (Å²) in [7, 11) is 0. The fraction of sp³-hybridized carbons (Fsp3) is 0.143. The van der Waals surface area contributed by atoms with Crippen molar-refractivity contribution in [3.8, 4) is 5.69 Å². The van der Waals surface area contributed by atoms with E-state index in [1.807, 2.05) is 0 Å². The first-order valence-electron chi connectivity index (χ1n) is 6.10. The van der Waals surface area contributed by atoms with Crippen LogP contribution in [0.4, 0.5) is 8.78 Å². The van der Waals surface area contributed by atoms with Gasteiger partial charge in [0.25, 0.3) is 0 Å². The summed E-state index contributed by atoms with van der Waals surface area (Å²) in [4.78, 5) is 8.33. The summed E-state index contributed by atoms with van der Waals surface area (Å²) in [6.07, 6.45) is 3.12. The third-order valence-corrected chi connectivity index (χ3v) is 3.87. The molecule has 0 N–H and O–H groups in total. The highest BCUT2D eigenvalue weighted by molar-refractivity contribution is 9.10. The average molecular weight is 373 g/mol. The Bertz CT molecular complexity index is 832. The van der Waals surface area contributed by atoms with E-state index < -0.39 is 17.0 Å². The van der Waals surface area contributed by atoms with Crippen LogP contribution in [0.2, 0.25) is 0 Å². The van der Waals surface area contributed by atoms with Gasteiger partial charge < -0.3 is 0 Å². The van der Waals surface area contributed by atoms with Gasteiger partial charge in [0, 0.05) is 12.3 Å². The van der Waals surface area contributed by atoms with Gasteiger partial charge in [-0.25, -0.2) is 13.8 Å². The molecule has 7 heteroatoms. The summed E-state index contributed by atoms with van der Waals surface area (Å²) in [5.74, 6) is -0.700. The van der Waals surface area contributed by atoms with E-state index in [0.29, 0.717) is 16.9 Å². The van der Waals surface area contributed by atoms with Gasteiger partial charge in [0.05, 0.1) is 27.3 Å². The molecule has 21 heavy (non-hydrogen) atoms. The van der Waals surface area contributed by atoms with Crippen LogP contribution in [0.15, 0.2) is 35.1 Å². The lowest BCUT2D eigenvalue weighted by molar-refractivity contribution is 0.586. The molecule has 108 valence electrons. The number of imidazole rings is 1. The third-order valence-electron chi connectivity index (χ3n) is 3.07. The number of fused-ring (bicyclic) bond motifs is 1. The smallest absolute Gasteiger partial charge is 0.148 e. The molecule has 0 saturated carbocycles. The van der Waals surface area contributed by atoms with Crippen molar-refractivity contribution in [2.24, 2.45) is 0 Å². The van der Waals surface area contributed by atoms with Gasteiger partial charge in [-0.1, -0.05) is 0 Å². The minimum Gasteiger partial charge on any atom is -0.292 e. The Kier molecular flexibility index (Phi) is 3.67. The molecule has 0 bridgehead atoms. The second-order valence-electron chi connectivity index (χ2n) is 4.50. The Morgan fingerprint density at radius 2 is 2.05 bits per heavy atom. The summed E-state index contributed by atoms with van der Waals surface area (Å²) in [5, 5.41) is -0.469. The molecule has 0 saturated heterocycles. The van der Waals surface area contributed by atoms with E-state index in [-0.39, 0.29) is 10.2 Å². The van der Waals surface area contributed by atoms with E-state index in [2.05, 4.69) is 25.9 Å². The number of nitrogens with zero attached hydrogens (tertiary/aromatic N) is 3. The van der Waals surface area contributed by atoms with Crippen molar-refractivity contribution in [3.05, 3.63) is 52.5 Å². The quantitative estimate of drug-likeness (QED) is 0.479. The van der Waals surface area contributed by atoms with Crippen molar-refractivity contribution in [2.75, 3.05) is 0 Å². The minimum absolute atomic E-state index is 0.0619. The minimum atomic E-state index is -0.571. The number of alkyl halides is 1. The summed E-state index contributed by atoms with van der Waals surface area (Å²) in [5.41, 5.74) is 1.25. The van der Waals surface area contributed by atoms with Gasteiger partial charge in [-0.05, 0) is 35.0 Å². The molecule has 1 atom stereocenters. The summed E-state index contributed by atoms with van der Waals surface area (Å²) < 4.78 is 29.6. The third kappa shape index (κ3) is 2.42. The van der Waals surface area contributed by atoms with Crippen LogP contribution in [0.25, 0.3) is 16.7 Å². The van der Waals surface area contributed by atoms with Crippen LogP contribution in [-0.2, 0) is 0 Å². The highest BCUT2D eigenvalue weighted by Gasteiger charge is 2.20. The van der Waals surface area contributed by atoms with E-state index >= 15 is 0 Å². The molecule has 0 spiro atoms. The van der Waals surface area contributed by atoms with Gasteiger partial charge in [0.15, 0.2) is 0 Å². The van der Waals surface area contributed by atoms with Crippen LogP contribution in [0.5, 0.6) is 0 Å². The molecular weight excluding hydrogens is 364 g/mol. The van der Waals surface area contributed by atoms with Crippen molar-refractivity contribution in [1.82, 2.24) is 14.5 Å². The summed E-state index contributed by atoms with van der Waals surface area (Å²) >= 11 is 9.09. The number of pyridine rings is 1. The first-order chi connectivity index (χ1) is 9.99. The van der Waals surface area contributed by atoms with Gasteiger partial charge in [-0.3, -0.25) is 9.55 Å². The monoisotopic (exact) mass is 371 g/mol. The Hall–Kier alpha value is -1.53. The zero-order chi connectivity index (χ0) is 15.1. The van der Waals surface area contributed by atoms with Crippen LogP contribution >= 0.6 is 27.5 Å². The molecule has 1 aromatic carbocycles. The van der Waals surface area contributed by atoms with Gasteiger partial charge in [-0.2, -0.15) is 0 Å². The van der Waals surface area contributed by atoms with Crippen LogP contribution in [0, 0.1) is 11.6 Å². The normalized spacial score (nSPS) is 12.8. The lowest BCUT2D eigenvalue weighted by atomic mass is 10.2. The van der Waals surface area contributed by atoms with Crippen LogP contribution in [0.3, 0.4) is 0 Å². The summed E-state index contributed by atoms with van der Waals surface area (Å²) in [6, 6.07) is 3.88. The largest absolute Gasteiger partial charge is 0.292 e. The van der Waals surface area contributed by atoms with Gasteiger partial charge in [-0.15, -0.1) is 11.6 Å². The van der Waals surface area contributed by atoms with Gasteiger partial charge >= 0.3 is 0 Å². The molecular formula is C14H9BrClF2N3. The average Bonchev–Trinajstić information content (AvgIpc) is 2.82. The predicted octanol–water partition coefficient (Wildman–Crippen LogP) is 4.76. The van der Waals surface area contributed by atoms with E-state index in [4.69, 9.17) is 11.6 Å². The zero-order valence-electron chi connectivity index (χ0n) is 10.8. The molecule has 0 aliphatic rings. The van der Waals surface area contributed by atoms with Crippen molar-refractivity contribution < 1.29 is 8.78 Å². The molecule has 2 heterocycles. The predicted molar refractivity (Wildman–Crippen MR) is 80.7 cm³/mol. The molecule has 1 unspecified atom stereocenters. The molecule has 3 nitrogen and oxygen atoms in total.